The number of halogens is 3. The zero-order valence-corrected chi connectivity index (χ0v) is 15.2. The van der Waals surface area contributed by atoms with Crippen LogP contribution in [0.15, 0.2) is 39.4 Å². The summed E-state index contributed by atoms with van der Waals surface area (Å²) in [7, 11) is 0. The summed E-state index contributed by atoms with van der Waals surface area (Å²) >= 11 is 0. The molecular formula is C18H16F3N5O3. The zero-order chi connectivity index (χ0) is 20.6. The van der Waals surface area contributed by atoms with Gasteiger partial charge < -0.3 is 14.4 Å². The average molecular weight is 407 g/mol. The Morgan fingerprint density at radius 3 is 2.72 bits per heavy atom. The number of aromatic nitrogens is 3. The topological polar surface area (TPSA) is 97.3 Å². The number of benzene rings is 1. The maximum absolute atomic E-state index is 12.9. The summed E-state index contributed by atoms with van der Waals surface area (Å²) < 4.78 is 48.7. The minimum atomic E-state index is -4.44. The zero-order valence-electron chi connectivity index (χ0n) is 15.2. The lowest BCUT2D eigenvalue weighted by molar-refractivity contribution is -0.137. The number of hydrogen-bond acceptors (Lipinski definition) is 7. The molecule has 2 aromatic heterocycles. The summed E-state index contributed by atoms with van der Waals surface area (Å²) in [4.78, 5) is 18.1. The first-order valence-electron chi connectivity index (χ1n) is 8.75. The molecule has 152 valence electrons. The van der Waals surface area contributed by atoms with Crippen molar-refractivity contribution in [1.82, 2.24) is 20.2 Å². The number of amides is 1. The molecule has 8 nitrogen and oxygen atoms in total. The quantitative estimate of drug-likeness (QED) is 0.694. The van der Waals surface area contributed by atoms with Gasteiger partial charge in [-0.3, -0.25) is 9.69 Å². The third-order valence-corrected chi connectivity index (χ3v) is 4.46. The summed E-state index contributed by atoms with van der Waals surface area (Å²) in [6, 6.07) is 6.38. The molecule has 11 heteroatoms. The van der Waals surface area contributed by atoms with Crippen molar-refractivity contribution in [3.8, 4) is 11.4 Å². The molecule has 0 saturated carbocycles. The van der Waals surface area contributed by atoms with Crippen LogP contribution in [-0.2, 0) is 11.0 Å². The summed E-state index contributed by atoms with van der Waals surface area (Å²) in [6.07, 6.45) is -4.44. The summed E-state index contributed by atoms with van der Waals surface area (Å²) in [5, 5.41) is 10.1. The van der Waals surface area contributed by atoms with Gasteiger partial charge in [0, 0.05) is 24.7 Å². The number of carbonyl (C=O) groups excluding carboxylic acids is 1. The molecule has 0 unspecified atom stereocenters. The maximum Gasteiger partial charge on any atom is 0.416 e. The van der Waals surface area contributed by atoms with Gasteiger partial charge in [-0.05, 0) is 19.1 Å². The number of carbonyl (C=O) groups is 1. The number of nitrogens with one attached hydrogen (secondary N) is 1. The molecule has 4 rings (SSSR count). The van der Waals surface area contributed by atoms with Crippen molar-refractivity contribution in [1.29, 1.82) is 0 Å². The molecule has 3 heterocycles. The fraction of sp³-hybridized carbons (Fsp3) is 0.333. The lowest BCUT2D eigenvalue weighted by Gasteiger charge is -2.36. The number of alkyl halides is 3. The molecule has 1 fully saturated rings. The number of rotatable bonds is 5. The van der Waals surface area contributed by atoms with E-state index in [1.807, 2.05) is 4.90 Å². The molecule has 1 N–H and O–H groups in total. The molecule has 1 aliphatic rings. The summed E-state index contributed by atoms with van der Waals surface area (Å²) in [5.74, 6) is 1.07. The Hall–Kier alpha value is -3.21. The Morgan fingerprint density at radius 1 is 1.24 bits per heavy atom. The molecule has 1 aromatic carbocycles. The van der Waals surface area contributed by atoms with E-state index in [0.29, 0.717) is 30.6 Å². The van der Waals surface area contributed by atoms with Gasteiger partial charge in [-0.25, -0.2) is 0 Å². The number of nitrogens with zero attached hydrogens (tertiary/aromatic N) is 4. The van der Waals surface area contributed by atoms with E-state index in [9.17, 15) is 18.0 Å². The predicted octanol–water partition coefficient (Wildman–Crippen LogP) is 3.09. The minimum Gasteiger partial charge on any atom is -0.360 e. The largest absolute Gasteiger partial charge is 0.416 e. The van der Waals surface area contributed by atoms with E-state index in [2.05, 4.69) is 20.6 Å². The highest BCUT2D eigenvalue weighted by Crippen LogP contribution is 2.32. The van der Waals surface area contributed by atoms with Crippen LogP contribution in [0.5, 0.6) is 0 Å². The average Bonchev–Trinajstić information content (AvgIpc) is 3.26. The first-order valence-corrected chi connectivity index (χ1v) is 8.75. The van der Waals surface area contributed by atoms with E-state index < -0.39 is 11.7 Å². The van der Waals surface area contributed by atoms with Crippen molar-refractivity contribution < 1.29 is 27.0 Å². The first-order chi connectivity index (χ1) is 13.8. The molecule has 0 atom stereocenters. The smallest absolute Gasteiger partial charge is 0.360 e. The van der Waals surface area contributed by atoms with Crippen LogP contribution in [0, 0.1) is 6.92 Å². The normalized spacial score (nSPS) is 15.3. The Morgan fingerprint density at radius 2 is 2.03 bits per heavy atom. The molecule has 1 aliphatic heterocycles. The van der Waals surface area contributed by atoms with Crippen molar-refractivity contribution in [3.63, 3.8) is 0 Å². The van der Waals surface area contributed by atoms with Crippen LogP contribution >= 0.6 is 0 Å². The van der Waals surface area contributed by atoms with Gasteiger partial charge in [0.25, 0.3) is 0 Å². The van der Waals surface area contributed by atoms with E-state index in [1.165, 1.54) is 12.1 Å². The monoisotopic (exact) mass is 407 g/mol. The second-order valence-corrected chi connectivity index (χ2v) is 6.80. The first kappa shape index (κ1) is 19.1. The Balaban J connectivity index is 1.33. The van der Waals surface area contributed by atoms with Crippen molar-refractivity contribution >= 4 is 11.7 Å². The Kier molecular flexibility index (Phi) is 4.82. The Labute approximate surface area is 162 Å². The molecule has 29 heavy (non-hydrogen) atoms. The van der Waals surface area contributed by atoms with E-state index in [-0.39, 0.29) is 29.8 Å². The fourth-order valence-electron chi connectivity index (χ4n) is 3.02. The van der Waals surface area contributed by atoms with Gasteiger partial charge in [0.2, 0.25) is 17.6 Å². The lowest BCUT2D eigenvalue weighted by atomic mass is 10.0. The van der Waals surface area contributed by atoms with Crippen LogP contribution in [0.3, 0.4) is 0 Å². The molecule has 0 radical (unpaired) electrons. The molecular weight excluding hydrogens is 391 g/mol. The molecule has 0 spiro atoms. The van der Waals surface area contributed by atoms with Gasteiger partial charge in [0.1, 0.15) is 5.76 Å². The van der Waals surface area contributed by atoms with Gasteiger partial charge >= 0.3 is 6.18 Å². The van der Waals surface area contributed by atoms with Crippen LogP contribution in [0.1, 0.15) is 23.1 Å². The Bertz CT molecular complexity index is 1020. The minimum absolute atomic E-state index is 0.0795. The second kappa shape index (κ2) is 7.32. The third kappa shape index (κ3) is 4.29. The molecule has 1 amide bonds. The predicted molar refractivity (Wildman–Crippen MR) is 93.8 cm³/mol. The van der Waals surface area contributed by atoms with Crippen LogP contribution in [0.25, 0.3) is 11.4 Å². The molecule has 1 saturated heterocycles. The van der Waals surface area contributed by atoms with Crippen LogP contribution < -0.4 is 5.32 Å². The highest BCUT2D eigenvalue weighted by Gasteiger charge is 2.34. The lowest BCUT2D eigenvalue weighted by Crippen LogP contribution is -2.48. The molecule has 0 bridgehead atoms. The van der Waals surface area contributed by atoms with Gasteiger partial charge in [-0.15, -0.1) is 0 Å². The van der Waals surface area contributed by atoms with Gasteiger partial charge in [0.15, 0.2) is 5.82 Å². The fourth-order valence-corrected chi connectivity index (χ4v) is 3.02. The highest BCUT2D eigenvalue weighted by atomic mass is 19.4. The number of hydrogen-bond donors (Lipinski definition) is 1. The maximum atomic E-state index is 12.9. The molecule has 3 aromatic rings. The summed E-state index contributed by atoms with van der Waals surface area (Å²) in [6.45, 7) is 2.93. The van der Waals surface area contributed by atoms with Crippen molar-refractivity contribution in [2.75, 3.05) is 25.0 Å². The van der Waals surface area contributed by atoms with E-state index >= 15 is 0 Å². The van der Waals surface area contributed by atoms with Gasteiger partial charge in [-0.2, -0.15) is 18.2 Å². The van der Waals surface area contributed by atoms with Crippen molar-refractivity contribution in [2.45, 2.75) is 19.0 Å². The highest BCUT2D eigenvalue weighted by molar-refractivity contribution is 5.91. The molecule has 0 aliphatic carbocycles. The SMILES string of the molecule is Cc1cc(NC(=O)CN2CC(c3nc(-c4cccc(C(F)(F)F)c4)no3)C2)no1. The van der Waals surface area contributed by atoms with Gasteiger partial charge in [-0.1, -0.05) is 22.4 Å². The van der Waals surface area contributed by atoms with Crippen molar-refractivity contribution in [2.24, 2.45) is 0 Å². The van der Waals surface area contributed by atoms with Crippen LogP contribution in [0.4, 0.5) is 19.0 Å². The van der Waals surface area contributed by atoms with Crippen LogP contribution in [-0.4, -0.2) is 45.7 Å². The third-order valence-electron chi connectivity index (χ3n) is 4.46. The van der Waals surface area contributed by atoms with E-state index in [0.717, 1.165) is 12.1 Å². The second-order valence-electron chi connectivity index (χ2n) is 6.80. The number of anilines is 1. The van der Waals surface area contributed by atoms with E-state index in [4.69, 9.17) is 9.05 Å². The number of likely N-dealkylation sites (tertiary alicyclic amines) is 1. The van der Waals surface area contributed by atoms with Crippen molar-refractivity contribution in [3.05, 3.63) is 47.5 Å². The summed E-state index contributed by atoms with van der Waals surface area (Å²) in [5.41, 5.74) is -0.544. The number of aryl methyl sites for hydroxylation is 1. The van der Waals surface area contributed by atoms with Crippen LogP contribution in [0.2, 0.25) is 0 Å². The standard InChI is InChI=1S/C18H16F3N5O3/c1-10-5-14(24-28-10)22-15(27)9-26-7-12(8-26)17-23-16(25-29-17)11-3-2-4-13(6-11)18(19,20)21/h2-6,12H,7-9H2,1H3,(H,22,24,27). The van der Waals surface area contributed by atoms with E-state index in [1.54, 1.807) is 13.0 Å². The van der Waals surface area contributed by atoms with Gasteiger partial charge in [0.05, 0.1) is 18.0 Å².